The highest BCUT2D eigenvalue weighted by Crippen LogP contribution is 2.31. The summed E-state index contributed by atoms with van der Waals surface area (Å²) in [6.45, 7) is 0.479. The molecular weight excluding hydrogens is 368 g/mol. The summed E-state index contributed by atoms with van der Waals surface area (Å²) < 4.78 is 6.86. The normalized spacial score (nSPS) is 11.0. The molecule has 6 heteroatoms. The highest BCUT2D eigenvalue weighted by atomic mass is 35.5. The van der Waals surface area contributed by atoms with E-state index in [1.165, 1.54) is 0 Å². The van der Waals surface area contributed by atoms with E-state index in [1.54, 1.807) is 35.4 Å². The average molecular weight is 383 g/mol. The van der Waals surface area contributed by atoms with Gasteiger partial charge in [-0.15, -0.1) is 11.3 Å². The number of para-hydroxylation sites is 1. The summed E-state index contributed by atoms with van der Waals surface area (Å²) in [6.07, 6.45) is 0. The van der Waals surface area contributed by atoms with Crippen molar-refractivity contribution < 1.29 is 9.21 Å². The Morgan fingerprint density at radius 1 is 1.12 bits per heavy atom. The van der Waals surface area contributed by atoms with Gasteiger partial charge in [-0.25, -0.2) is 4.98 Å². The van der Waals surface area contributed by atoms with Gasteiger partial charge in [0.25, 0.3) is 5.91 Å². The highest BCUT2D eigenvalue weighted by molar-refractivity contribution is 7.21. The maximum atomic E-state index is 12.6. The topological polar surface area (TPSA) is 46.3 Å². The van der Waals surface area contributed by atoms with E-state index in [4.69, 9.17) is 16.0 Å². The van der Waals surface area contributed by atoms with Crippen molar-refractivity contribution in [3.8, 4) is 10.8 Å². The summed E-state index contributed by atoms with van der Waals surface area (Å²) in [6, 6.07) is 18.8. The smallest absolute Gasteiger partial charge is 0.289 e. The number of amides is 1. The third kappa shape index (κ3) is 3.36. The molecule has 4 aromatic rings. The molecule has 0 aliphatic rings. The molecule has 1 amide bonds. The van der Waals surface area contributed by atoms with Gasteiger partial charge in [0.2, 0.25) is 0 Å². The van der Waals surface area contributed by atoms with Gasteiger partial charge in [0.15, 0.2) is 16.5 Å². The lowest BCUT2D eigenvalue weighted by molar-refractivity contribution is 0.0754. The molecule has 0 radical (unpaired) electrons. The van der Waals surface area contributed by atoms with Crippen LogP contribution in [0.3, 0.4) is 0 Å². The number of nitrogens with zero attached hydrogens (tertiary/aromatic N) is 2. The van der Waals surface area contributed by atoms with Gasteiger partial charge in [-0.3, -0.25) is 4.79 Å². The van der Waals surface area contributed by atoms with Crippen molar-refractivity contribution in [2.75, 3.05) is 7.05 Å². The van der Waals surface area contributed by atoms with Crippen LogP contribution in [0.25, 0.3) is 21.0 Å². The Labute approximate surface area is 159 Å². The summed E-state index contributed by atoms with van der Waals surface area (Å²) in [5.74, 6) is 0.734. The van der Waals surface area contributed by atoms with E-state index < -0.39 is 0 Å². The van der Waals surface area contributed by atoms with Gasteiger partial charge >= 0.3 is 0 Å². The molecule has 0 spiro atoms. The van der Waals surface area contributed by atoms with E-state index in [0.717, 1.165) is 20.8 Å². The standard InChI is InChI=1S/C20H15ClN2O2S/c1-23(12-13-6-8-14(21)9-7-13)20(24)17-11-10-16(25-17)19-22-15-4-2-3-5-18(15)26-19/h2-11H,12H2,1H3. The van der Waals surface area contributed by atoms with Gasteiger partial charge in [0, 0.05) is 18.6 Å². The fraction of sp³-hybridized carbons (Fsp3) is 0.100. The number of carbonyl (C=O) groups is 1. The molecule has 130 valence electrons. The Balaban J connectivity index is 1.53. The predicted molar refractivity (Wildman–Crippen MR) is 105 cm³/mol. The molecule has 0 aliphatic carbocycles. The number of hydrogen-bond acceptors (Lipinski definition) is 4. The van der Waals surface area contributed by atoms with E-state index in [2.05, 4.69) is 4.98 Å². The second-order valence-electron chi connectivity index (χ2n) is 5.94. The molecule has 0 aliphatic heterocycles. The summed E-state index contributed by atoms with van der Waals surface area (Å²) in [5.41, 5.74) is 1.93. The zero-order valence-corrected chi connectivity index (χ0v) is 15.6. The molecule has 4 nitrogen and oxygen atoms in total. The zero-order valence-electron chi connectivity index (χ0n) is 14.0. The second kappa shape index (κ2) is 6.94. The fourth-order valence-corrected chi connectivity index (χ4v) is 3.72. The molecule has 2 aromatic carbocycles. The third-order valence-corrected chi connectivity index (χ3v) is 5.30. The Morgan fingerprint density at radius 3 is 2.65 bits per heavy atom. The molecule has 0 fully saturated rings. The minimum atomic E-state index is -0.174. The van der Waals surface area contributed by atoms with Gasteiger partial charge in [0.05, 0.1) is 10.2 Å². The SMILES string of the molecule is CN(Cc1ccc(Cl)cc1)C(=O)c1ccc(-c2nc3ccccc3s2)o1. The monoisotopic (exact) mass is 382 g/mol. The van der Waals surface area contributed by atoms with Crippen LogP contribution in [0.4, 0.5) is 0 Å². The van der Waals surface area contributed by atoms with E-state index in [-0.39, 0.29) is 5.91 Å². The molecule has 0 bridgehead atoms. The first kappa shape index (κ1) is 16.8. The highest BCUT2D eigenvalue weighted by Gasteiger charge is 2.18. The van der Waals surface area contributed by atoms with Crippen molar-refractivity contribution in [1.29, 1.82) is 0 Å². The molecule has 4 rings (SSSR count). The maximum absolute atomic E-state index is 12.6. The number of rotatable bonds is 4. The maximum Gasteiger partial charge on any atom is 0.289 e. The molecule has 2 heterocycles. The van der Waals surface area contributed by atoms with E-state index in [1.807, 2.05) is 48.5 Å². The summed E-state index contributed by atoms with van der Waals surface area (Å²) >= 11 is 7.44. The van der Waals surface area contributed by atoms with Gasteiger partial charge < -0.3 is 9.32 Å². The number of aromatic nitrogens is 1. The van der Waals surface area contributed by atoms with Gasteiger partial charge in [0.1, 0.15) is 0 Å². The summed E-state index contributed by atoms with van der Waals surface area (Å²) in [7, 11) is 1.75. The van der Waals surface area contributed by atoms with E-state index in [0.29, 0.717) is 23.1 Å². The van der Waals surface area contributed by atoms with Crippen molar-refractivity contribution in [3.05, 3.63) is 77.0 Å². The average Bonchev–Trinajstić information content (AvgIpc) is 3.29. The summed E-state index contributed by atoms with van der Waals surface area (Å²) in [5, 5.41) is 1.44. The third-order valence-electron chi connectivity index (χ3n) is 4.00. The molecule has 2 aromatic heterocycles. The number of carbonyl (C=O) groups excluding carboxylic acids is 1. The first-order valence-electron chi connectivity index (χ1n) is 8.06. The van der Waals surface area contributed by atoms with Gasteiger partial charge in [-0.2, -0.15) is 0 Å². The van der Waals surface area contributed by atoms with Crippen LogP contribution in [0.1, 0.15) is 16.1 Å². The molecule has 26 heavy (non-hydrogen) atoms. The molecule has 0 unspecified atom stereocenters. The van der Waals surface area contributed by atoms with Crippen LogP contribution in [-0.4, -0.2) is 22.8 Å². The number of thiazole rings is 1. The molecule has 0 atom stereocenters. The first-order chi connectivity index (χ1) is 12.6. The van der Waals surface area contributed by atoms with Gasteiger partial charge in [-0.05, 0) is 42.0 Å². The van der Waals surface area contributed by atoms with Crippen LogP contribution in [0.15, 0.2) is 65.1 Å². The minimum absolute atomic E-state index is 0.174. The van der Waals surface area contributed by atoms with Crippen LogP contribution in [0.2, 0.25) is 5.02 Å². The number of halogens is 1. The predicted octanol–water partition coefficient (Wildman–Crippen LogP) is 5.48. The minimum Gasteiger partial charge on any atom is -0.448 e. The van der Waals surface area contributed by atoms with Crippen molar-refractivity contribution in [3.63, 3.8) is 0 Å². The van der Waals surface area contributed by atoms with Crippen LogP contribution in [0.5, 0.6) is 0 Å². The van der Waals surface area contributed by atoms with Crippen LogP contribution < -0.4 is 0 Å². The van der Waals surface area contributed by atoms with Crippen LogP contribution in [-0.2, 0) is 6.54 Å². The quantitative estimate of drug-likeness (QED) is 0.469. The number of fused-ring (bicyclic) bond motifs is 1. The lowest BCUT2D eigenvalue weighted by Crippen LogP contribution is -2.25. The van der Waals surface area contributed by atoms with Crippen molar-refractivity contribution in [1.82, 2.24) is 9.88 Å². The fourth-order valence-electron chi connectivity index (χ4n) is 2.67. The Bertz CT molecular complexity index is 1040. The lowest BCUT2D eigenvalue weighted by Gasteiger charge is -2.15. The van der Waals surface area contributed by atoms with E-state index in [9.17, 15) is 4.79 Å². The molecular formula is C20H15ClN2O2S. The lowest BCUT2D eigenvalue weighted by atomic mass is 10.2. The van der Waals surface area contributed by atoms with E-state index >= 15 is 0 Å². The Hall–Kier alpha value is -2.63. The number of hydrogen-bond donors (Lipinski definition) is 0. The molecule has 0 N–H and O–H groups in total. The van der Waals surface area contributed by atoms with Crippen LogP contribution in [0, 0.1) is 0 Å². The Morgan fingerprint density at radius 2 is 1.88 bits per heavy atom. The summed E-state index contributed by atoms with van der Waals surface area (Å²) in [4.78, 5) is 18.8. The largest absolute Gasteiger partial charge is 0.448 e. The van der Waals surface area contributed by atoms with Gasteiger partial charge in [-0.1, -0.05) is 35.9 Å². The Kier molecular flexibility index (Phi) is 4.49. The molecule has 0 saturated heterocycles. The zero-order chi connectivity index (χ0) is 18.1. The number of furan rings is 1. The first-order valence-corrected chi connectivity index (χ1v) is 9.25. The van der Waals surface area contributed by atoms with Crippen molar-refractivity contribution >= 4 is 39.1 Å². The van der Waals surface area contributed by atoms with Crippen molar-refractivity contribution in [2.45, 2.75) is 6.54 Å². The van der Waals surface area contributed by atoms with Crippen molar-refractivity contribution in [2.24, 2.45) is 0 Å². The van der Waals surface area contributed by atoms with Crippen LogP contribution >= 0.6 is 22.9 Å². The molecule has 0 saturated carbocycles. The number of benzene rings is 2. The second-order valence-corrected chi connectivity index (χ2v) is 7.41.